The van der Waals surface area contributed by atoms with Crippen molar-refractivity contribution in [2.45, 2.75) is 25.7 Å². The number of amides is 1. The maximum Gasteiger partial charge on any atom is 0.416 e. The molecule has 0 aromatic carbocycles. The Kier molecular flexibility index (Phi) is 4.52. The van der Waals surface area contributed by atoms with Crippen molar-refractivity contribution in [1.29, 1.82) is 0 Å². The van der Waals surface area contributed by atoms with E-state index in [1.54, 1.807) is 12.3 Å². The summed E-state index contributed by atoms with van der Waals surface area (Å²) in [4.78, 5) is 22.2. The number of aliphatic hydroxyl groups excluding tert-OH is 1. The lowest BCUT2D eigenvalue weighted by atomic mass is 10.3. The van der Waals surface area contributed by atoms with E-state index in [1.807, 2.05) is 5.32 Å². The molecule has 1 amide bonds. The number of nitrogens with zero attached hydrogens (tertiary/aromatic N) is 1. The first-order valence-electron chi connectivity index (χ1n) is 4.88. The number of carbonyl (C=O) groups is 1. The zero-order valence-electron chi connectivity index (χ0n) is 9.32. The Balaban J connectivity index is 2.51. The van der Waals surface area contributed by atoms with Crippen LogP contribution in [-0.4, -0.2) is 34.4 Å². The summed E-state index contributed by atoms with van der Waals surface area (Å²) in [5.74, 6) is -0.762. The molecule has 2 N–H and O–H groups in total. The molecule has 1 rings (SSSR count). The second kappa shape index (κ2) is 5.53. The van der Waals surface area contributed by atoms with Crippen LogP contribution in [0, 0.1) is 6.92 Å². The van der Waals surface area contributed by atoms with E-state index in [-0.39, 0.29) is 11.4 Å². The highest BCUT2D eigenvalue weighted by molar-refractivity contribution is 7.07. The summed E-state index contributed by atoms with van der Waals surface area (Å²) in [6.07, 6.45) is -7.38. The number of alkyl halides is 3. The van der Waals surface area contributed by atoms with E-state index in [9.17, 15) is 22.8 Å². The largest absolute Gasteiger partial charge is 0.416 e. The molecule has 1 atom stereocenters. The molecule has 18 heavy (non-hydrogen) atoms. The molecule has 5 nitrogen and oxygen atoms in total. The zero-order chi connectivity index (χ0) is 13.9. The number of rotatable bonds is 4. The molecule has 1 aromatic heterocycles. The summed E-state index contributed by atoms with van der Waals surface area (Å²) >= 11 is 0.900. The van der Waals surface area contributed by atoms with Gasteiger partial charge in [0.25, 0.3) is 0 Å². The highest BCUT2D eigenvalue weighted by Crippen LogP contribution is 2.19. The van der Waals surface area contributed by atoms with Gasteiger partial charge in [0.2, 0.25) is 5.91 Å². The molecule has 102 valence electrons. The van der Waals surface area contributed by atoms with Crippen LogP contribution in [0.5, 0.6) is 0 Å². The minimum Gasteiger partial charge on any atom is -0.382 e. The van der Waals surface area contributed by atoms with Crippen LogP contribution in [0.15, 0.2) is 10.2 Å². The molecule has 0 saturated heterocycles. The summed E-state index contributed by atoms with van der Waals surface area (Å²) < 4.78 is 37.0. The first-order chi connectivity index (χ1) is 8.21. The van der Waals surface area contributed by atoms with Crippen molar-refractivity contribution in [2.24, 2.45) is 0 Å². The summed E-state index contributed by atoms with van der Waals surface area (Å²) in [7, 11) is 0. The van der Waals surface area contributed by atoms with Crippen molar-refractivity contribution in [1.82, 2.24) is 9.88 Å². The monoisotopic (exact) mass is 284 g/mol. The molecule has 0 bridgehead atoms. The normalized spacial score (nSPS) is 13.4. The van der Waals surface area contributed by atoms with Crippen molar-refractivity contribution < 1.29 is 23.1 Å². The van der Waals surface area contributed by atoms with Gasteiger partial charge in [-0.25, -0.2) is 0 Å². The van der Waals surface area contributed by atoms with Crippen molar-refractivity contribution in [3.8, 4) is 0 Å². The van der Waals surface area contributed by atoms with Gasteiger partial charge in [0.05, 0.1) is 6.54 Å². The van der Waals surface area contributed by atoms with Gasteiger partial charge < -0.3 is 10.4 Å². The summed E-state index contributed by atoms with van der Waals surface area (Å²) in [5.41, 5.74) is 0.552. The lowest BCUT2D eigenvalue weighted by Crippen LogP contribution is -2.42. The van der Waals surface area contributed by atoms with Gasteiger partial charge in [-0.15, -0.1) is 0 Å². The van der Waals surface area contributed by atoms with Crippen molar-refractivity contribution in [3.63, 3.8) is 0 Å². The highest BCUT2D eigenvalue weighted by atomic mass is 32.1. The van der Waals surface area contributed by atoms with Gasteiger partial charge in [-0.2, -0.15) is 13.2 Å². The molecule has 0 aliphatic heterocycles. The molecule has 0 saturated carbocycles. The maximum atomic E-state index is 12.0. The molecule has 1 unspecified atom stereocenters. The first kappa shape index (κ1) is 14.7. The number of aromatic nitrogens is 1. The third-order valence-corrected chi connectivity index (χ3v) is 3.03. The van der Waals surface area contributed by atoms with E-state index >= 15 is 0 Å². The average Bonchev–Trinajstić information content (AvgIpc) is 2.56. The standard InChI is InChI=1S/C9H11F3N2O3S/c1-5-4-18-8(17)14(5)3-7(16)13-2-6(15)9(10,11)12/h4,6,15H,2-3H2,1H3,(H,13,16). The fourth-order valence-corrected chi connectivity index (χ4v) is 1.86. The Morgan fingerprint density at radius 1 is 1.61 bits per heavy atom. The minimum absolute atomic E-state index is 0.362. The van der Waals surface area contributed by atoms with E-state index in [4.69, 9.17) is 5.11 Å². The Labute approximate surface area is 104 Å². The van der Waals surface area contributed by atoms with Crippen LogP contribution in [0.3, 0.4) is 0 Å². The smallest absolute Gasteiger partial charge is 0.382 e. The lowest BCUT2D eigenvalue weighted by molar-refractivity contribution is -0.201. The number of hydrogen-bond donors (Lipinski definition) is 2. The summed E-state index contributed by atoms with van der Waals surface area (Å²) in [6, 6.07) is 0. The SMILES string of the molecule is Cc1csc(=O)n1CC(=O)NCC(O)C(F)(F)F. The van der Waals surface area contributed by atoms with Gasteiger partial charge in [-0.3, -0.25) is 14.2 Å². The van der Waals surface area contributed by atoms with Gasteiger partial charge >= 0.3 is 11.0 Å². The molecule has 0 aliphatic carbocycles. The number of thiazole rings is 1. The zero-order valence-corrected chi connectivity index (χ0v) is 10.1. The minimum atomic E-state index is -4.78. The Hall–Kier alpha value is -1.35. The topological polar surface area (TPSA) is 71.3 Å². The van der Waals surface area contributed by atoms with Crippen LogP contribution in [0.4, 0.5) is 13.2 Å². The van der Waals surface area contributed by atoms with E-state index in [2.05, 4.69) is 0 Å². The van der Waals surface area contributed by atoms with Crippen molar-refractivity contribution >= 4 is 17.2 Å². The molecule has 0 aliphatic rings. The van der Waals surface area contributed by atoms with Crippen LogP contribution >= 0.6 is 11.3 Å². The molecular weight excluding hydrogens is 273 g/mol. The first-order valence-corrected chi connectivity index (χ1v) is 5.76. The molecule has 0 fully saturated rings. The van der Waals surface area contributed by atoms with Crippen molar-refractivity contribution in [3.05, 3.63) is 20.7 Å². The van der Waals surface area contributed by atoms with Crippen LogP contribution in [0.1, 0.15) is 5.69 Å². The number of hydrogen-bond acceptors (Lipinski definition) is 4. The molecular formula is C9H11F3N2O3S. The molecule has 0 radical (unpaired) electrons. The molecule has 9 heteroatoms. The fraction of sp³-hybridized carbons (Fsp3) is 0.556. The number of aliphatic hydroxyl groups is 1. The number of aryl methyl sites for hydroxylation is 1. The van der Waals surface area contributed by atoms with Crippen molar-refractivity contribution in [2.75, 3.05) is 6.54 Å². The second-order valence-corrected chi connectivity index (χ2v) is 4.41. The van der Waals surface area contributed by atoms with Crippen LogP contribution in [0.2, 0.25) is 0 Å². The van der Waals surface area contributed by atoms with E-state index in [0.29, 0.717) is 5.69 Å². The maximum absolute atomic E-state index is 12.0. The third-order valence-electron chi connectivity index (χ3n) is 2.15. The Bertz CT molecular complexity index is 480. The molecule has 1 aromatic rings. The fourth-order valence-electron chi connectivity index (χ4n) is 1.12. The quantitative estimate of drug-likeness (QED) is 0.833. The number of nitrogens with one attached hydrogen (secondary N) is 1. The third kappa shape index (κ3) is 3.84. The van der Waals surface area contributed by atoms with Crippen LogP contribution in [-0.2, 0) is 11.3 Å². The predicted molar refractivity (Wildman–Crippen MR) is 58.4 cm³/mol. The summed E-state index contributed by atoms with van der Waals surface area (Å²) in [6.45, 7) is 0.314. The molecule has 0 spiro atoms. The lowest BCUT2D eigenvalue weighted by Gasteiger charge is -2.15. The van der Waals surface area contributed by atoms with E-state index in [1.165, 1.54) is 0 Å². The van der Waals surface area contributed by atoms with Gasteiger partial charge in [-0.1, -0.05) is 11.3 Å². The van der Waals surface area contributed by atoms with Gasteiger partial charge in [0.15, 0.2) is 6.10 Å². The number of carbonyl (C=O) groups excluding carboxylic acids is 1. The van der Waals surface area contributed by atoms with Gasteiger partial charge in [0.1, 0.15) is 6.54 Å². The predicted octanol–water partition coefficient (Wildman–Crippen LogP) is 0.258. The Morgan fingerprint density at radius 2 is 2.22 bits per heavy atom. The van der Waals surface area contributed by atoms with Gasteiger partial charge in [-0.05, 0) is 6.92 Å². The second-order valence-electron chi connectivity index (χ2n) is 3.59. The van der Waals surface area contributed by atoms with Gasteiger partial charge in [0, 0.05) is 11.1 Å². The number of halogens is 3. The van der Waals surface area contributed by atoms with E-state index in [0.717, 1.165) is 15.9 Å². The van der Waals surface area contributed by atoms with E-state index < -0.39 is 24.7 Å². The highest BCUT2D eigenvalue weighted by Gasteiger charge is 2.38. The Morgan fingerprint density at radius 3 is 2.67 bits per heavy atom. The summed E-state index contributed by atoms with van der Waals surface area (Å²) in [5, 5.41) is 12.1. The van der Waals surface area contributed by atoms with Crippen LogP contribution < -0.4 is 10.2 Å². The van der Waals surface area contributed by atoms with Crippen LogP contribution in [0.25, 0.3) is 0 Å². The average molecular weight is 284 g/mol. The molecule has 1 heterocycles.